The molecule has 0 unspecified atom stereocenters. The minimum absolute atomic E-state index is 0.0918. The first kappa shape index (κ1) is 20.2. The molecule has 10 heteroatoms. The van der Waals surface area contributed by atoms with Crippen LogP contribution in [0, 0.1) is 23.6 Å². The van der Waals surface area contributed by atoms with Gasteiger partial charge in [0.15, 0.2) is 5.58 Å². The number of aromatic nitrogens is 1. The number of fused-ring (bicyclic) bond motifs is 2. The topological polar surface area (TPSA) is 76.3 Å². The second kappa shape index (κ2) is 6.88. The molecule has 164 valence electrons. The van der Waals surface area contributed by atoms with Crippen molar-refractivity contribution in [2.24, 2.45) is 5.92 Å². The first-order valence-electron chi connectivity index (χ1n) is 9.78. The van der Waals surface area contributed by atoms with Gasteiger partial charge in [-0.2, -0.15) is 13.2 Å². The lowest BCUT2D eigenvalue weighted by Crippen LogP contribution is -2.59. The highest BCUT2D eigenvalue weighted by Crippen LogP contribution is 2.45. The number of rotatable bonds is 2. The smallest absolute Gasteiger partial charge is 0.408 e. The lowest BCUT2D eigenvalue weighted by molar-refractivity contribution is -0.178. The standard InChI is InChI=1S/C22H15F4N3O3/c23-15-10-14-16(9-13(15)11-29-17-3-1-2-4-18(17)32-20(29)31)27-19(30)28-21(14,22(24,25)26)8-7-12-5-6-12/h1-4,9-10,12H,5-6,11H2,(H2,27,28,30)/t21-/m0/s1. The summed E-state index contributed by atoms with van der Waals surface area (Å²) < 4.78 is 63.8. The van der Waals surface area contributed by atoms with Gasteiger partial charge in [-0.15, -0.1) is 0 Å². The van der Waals surface area contributed by atoms with Crippen molar-refractivity contribution >= 4 is 22.8 Å². The molecule has 1 aliphatic carbocycles. The first-order valence-corrected chi connectivity index (χ1v) is 9.78. The van der Waals surface area contributed by atoms with E-state index in [1.54, 1.807) is 24.3 Å². The number of hydrogen-bond acceptors (Lipinski definition) is 3. The van der Waals surface area contributed by atoms with E-state index in [2.05, 4.69) is 17.2 Å². The molecule has 0 bridgehead atoms. The van der Waals surface area contributed by atoms with Crippen LogP contribution >= 0.6 is 0 Å². The van der Waals surface area contributed by atoms with Crippen molar-refractivity contribution in [3.8, 4) is 11.8 Å². The van der Waals surface area contributed by atoms with Crippen LogP contribution in [0.15, 0.2) is 45.6 Å². The van der Waals surface area contributed by atoms with Gasteiger partial charge in [-0.25, -0.2) is 14.0 Å². The minimum atomic E-state index is -4.99. The molecule has 2 N–H and O–H groups in total. The summed E-state index contributed by atoms with van der Waals surface area (Å²) >= 11 is 0. The van der Waals surface area contributed by atoms with Crippen LogP contribution in [0.1, 0.15) is 24.0 Å². The molecule has 1 aromatic heterocycles. The molecule has 1 aliphatic heterocycles. The molecule has 32 heavy (non-hydrogen) atoms. The fourth-order valence-corrected chi connectivity index (χ4v) is 3.71. The van der Waals surface area contributed by atoms with Crippen molar-refractivity contribution in [2.45, 2.75) is 31.1 Å². The van der Waals surface area contributed by atoms with Gasteiger partial charge in [-0.3, -0.25) is 4.57 Å². The number of nitrogens with zero attached hydrogens (tertiary/aromatic N) is 1. The van der Waals surface area contributed by atoms with Crippen LogP contribution in [0.4, 0.5) is 28.0 Å². The molecule has 0 saturated heterocycles. The lowest BCUT2D eigenvalue weighted by Gasteiger charge is -2.37. The molecular formula is C22H15F4N3O3. The number of alkyl halides is 3. The van der Waals surface area contributed by atoms with Crippen molar-refractivity contribution in [2.75, 3.05) is 5.32 Å². The number of anilines is 1. The number of halogens is 4. The Kier molecular flexibility index (Phi) is 4.34. The molecule has 1 saturated carbocycles. The van der Waals surface area contributed by atoms with E-state index >= 15 is 4.39 Å². The van der Waals surface area contributed by atoms with Gasteiger partial charge < -0.3 is 15.1 Å². The third-order valence-electron chi connectivity index (χ3n) is 5.51. The number of para-hydroxylation sites is 2. The van der Waals surface area contributed by atoms with Gasteiger partial charge in [-0.1, -0.05) is 24.0 Å². The third kappa shape index (κ3) is 3.21. The average Bonchev–Trinajstić information content (AvgIpc) is 3.50. The zero-order valence-electron chi connectivity index (χ0n) is 16.3. The van der Waals surface area contributed by atoms with Crippen LogP contribution in [-0.2, 0) is 12.1 Å². The van der Waals surface area contributed by atoms with E-state index in [0.29, 0.717) is 30.0 Å². The fraction of sp³-hybridized carbons (Fsp3) is 0.273. The normalized spacial score (nSPS) is 20.2. The number of oxazole rings is 1. The van der Waals surface area contributed by atoms with Crippen molar-refractivity contribution in [3.63, 3.8) is 0 Å². The summed E-state index contributed by atoms with van der Waals surface area (Å²) in [5.74, 6) is 2.82. The van der Waals surface area contributed by atoms with Crippen LogP contribution in [0.25, 0.3) is 11.1 Å². The van der Waals surface area contributed by atoms with Gasteiger partial charge in [0.1, 0.15) is 5.82 Å². The summed E-state index contributed by atoms with van der Waals surface area (Å²) in [4.78, 5) is 24.3. The predicted octanol–water partition coefficient (Wildman–Crippen LogP) is 4.09. The van der Waals surface area contributed by atoms with Crippen molar-refractivity contribution in [3.05, 3.63) is 63.9 Å². The van der Waals surface area contributed by atoms with E-state index in [-0.39, 0.29) is 23.7 Å². The highest BCUT2D eigenvalue weighted by atomic mass is 19.4. The van der Waals surface area contributed by atoms with E-state index in [0.717, 1.165) is 10.6 Å². The van der Waals surface area contributed by atoms with E-state index in [9.17, 15) is 22.8 Å². The SMILES string of the molecule is O=C1Nc2cc(Cn3c(=O)oc4ccccc43)c(F)cc2[C@@](C#CC2CC2)(C(F)(F)F)N1. The van der Waals surface area contributed by atoms with Gasteiger partial charge in [0.25, 0.3) is 0 Å². The quantitative estimate of drug-likeness (QED) is 0.461. The Labute approximate surface area is 178 Å². The molecular weight excluding hydrogens is 430 g/mol. The summed E-state index contributed by atoms with van der Waals surface area (Å²) in [7, 11) is 0. The molecule has 2 aromatic carbocycles. The minimum Gasteiger partial charge on any atom is -0.408 e. The monoisotopic (exact) mass is 445 g/mol. The summed E-state index contributed by atoms with van der Waals surface area (Å²) in [6.45, 7) is -0.301. The summed E-state index contributed by atoms with van der Waals surface area (Å²) in [6.07, 6.45) is -3.63. The van der Waals surface area contributed by atoms with Gasteiger partial charge in [0.2, 0.25) is 5.54 Å². The van der Waals surface area contributed by atoms with Crippen LogP contribution in [0.3, 0.4) is 0 Å². The Bertz CT molecular complexity index is 1380. The van der Waals surface area contributed by atoms with E-state index in [4.69, 9.17) is 4.42 Å². The van der Waals surface area contributed by atoms with Gasteiger partial charge in [0.05, 0.1) is 12.1 Å². The second-order valence-corrected chi connectivity index (χ2v) is 7.78. The van der Waals surface area contributed by atoms with Gasteiger partial charge in [-0.05, 0) is 37.1 Å². The summed E-state index contributed by atoms with van der Waals surface area (Å²) in [5.41, 5.74) is -3.20. The van der Waals surface area contributed by atoms with Crippen LogP contribution in [0.5, 0.6) is 0 Å². The van der Waals surface area contributed by atoms with E-state index in [1.807, 2.05) is 5.32 Å². The zero-order valence-corrected chi connectivity index (χ0v) is 16.3. The number of nitrogens with one attached hydrogen (secondary N) is 2. The maximum Gasteiger partial charge on any atom is 0.427 e. The summed E-state index contributed by atoms with van der Waals surface area (Å²) in [6, 6.07) is 7.19. The third-order valence-corrected chi connectivity index (χ3v) is 5.51. The number of hydrogen-bond donors (Lipinski definition) is 2. The molecule has 1 fully saturated rings. The zero-order chi connectivity index (χ0) is 22.7. The molecule has 2 amide bonds. The Balaban J connectivity index is 1.64. The number of carbonyl (C=O) groups is 1. The highest BCUT2D eigenvalue weighted by molar-refractivity contribution is 5.95. The van der Waals surface area contributed by atoms with Crippen molar-refractivity contribution < 1.29 is 26.8 Å². The average molecular weight is 445 g/mol. The largest absolute Gasteiger partial charge is 0.427 e. The van der Waals surface area contributed by atoms with Crippen molar-refractivity contribution in [1.29, 1.82) is 0 Å². The molecule has 0 spiro atoms. The molecule has 1 atom stereocenters. The Morgan fingerprint density at radius 2 is 1.94 bits per heavy atom. The molecule has 2 heterocycles. The second-order valence-electron chi connectivity index (χ2n) is 7.78. The van der Waals surface area contributed by atoms with E-state index in [1.165, 1.54) is 0 Å². The highest BCUT2D eigenvalue weighted by Gasteiger charge is 2.59. The van der Waals surface area contributed by atoms with Crippen LogP contribution in [0.2, 0.25) is 0 Å². The Morgan fingerprint density at radius 3 is 2.66 bits per heavy atom. The number of benzene rings is 2. The van der Waals surface area contributed by atoms with Gasteiger partial charge in [0, 0.05) is 22.7 Å². The molecule has 6 nitrogen and oxygen atoms in total. The fourth-order valence-electron chi connectivity index (χ4n) is 3.71. The maximum absolute atomic E-state index is 15.0. The number of urea groups is 1. The lowest BCUT2D eigenvalue weighted by atomic mass is 9.85. The van der Waals surface area contributed by atoms with Gasteiger partial charge >= 0.3 is 18.0 Å². The number of amides is 2. The predicted molar refractivity (Wildman–Crippen MR) is 106 cm³/mol. The summed E-state index contributed by atoms with van der Waals surface area (Å²) in [5, 5.41) is 4.14. The maximum atomic E-state index is 15.0. The molecule has 5 rings (SSSR count). The Hall–Kier alpha value is -3.74. The Morgan fingerprint density at radius 1 is 1.19 bits per heavy atom. The number of carbonyl (C=O) groups excluding carboxylic acids is 1. The molecule has 0 radical (unpaired) electrons. The molecule has 2 aliphatic rings. The van der Waals surface area contributed by atoms with E-state index < -0.39 is 34.9 Å². The van der Waals surface area contributed by atoms with Crippen LogP contribution < -0.4 is 16.4 Å². The molecule has 3 aromatic rings. The first-order chi connectivity index (χ1) is 15.2. The van der Waals surface area contributed by atoms with Crippen molar-refractivity contribution in [1.82, 2.24) is 9.88 Å². The van der Waals surface area contributed by atoms with Crippen LogP contribution in [-0.4, -0.2) is 16.8 Å².